The SMILES string of the molecule is O=C(CSc1nnc(CNC(=O)c2ccc(Cl)cc2Cl)n1-c1ccc(Br)cc1)Nc1ccc(F)cc1. The van der Waals surface area contributed by atoms with Gasteiger partial charge in [-0.1, -0.05) is 50.9 Å². The number of halogens is 4. The largest absolute Gasteiger partial charge is 0.345 e. The second-order valence-corrected chi connectivity index (χ2v) is 10.1. The normalized spacial score (nSPS) is 10.8. The number of anilines is 1. The van der Waals surface area contributed by atoms with Crippen LogP contribution in [0.4, 0.5) is 10.1 Å². The molecule has 1 heterocycles. The second-order valence-electron chi connectivity index (χ2n) is 7.36. The number of rotatable bonds is 8. The van der Waals surface area contributed by atoms with Gasteiger partial charge < -0.3 is 10.6 Å². The molecule has 0 saturated heterocycles. The van der Waals surface area contributed by atoms with E-state index in [1.165, 1.54) is 42.1 Å². The fourth-order valence-electron chi connectivity index (χ4n) is 3.15. The molecule has 0 saturated carbocycles. The van der Waals surface area contributed by atoms with Crippen LogP contribution in [-0.4, -0.2) is 32.3 Å². The molecule has 0 aliphatic rings. The first kappa shape index (κ1) is 26.2. The van der Waals surface area contributed by atoms with Gasteiger partial charge in [-0.25, -0.2) is 4.39 Å². The van der Waals surface area contributed by atoms with Gasteiger partial charge in [0.1, 0.15) is 5.82 Å². The summed E-state index contributed by atoms with van der Waals surface area (Å²) in [7, 11) is 0. The molecule has 2 N–H and O–H groups in total. The highest BCUT2D eigenvalue weighted by atomic mass is 79.9. The summed E-state index contributed by atoms with van der Waals surface area (Å²) in [5.41, 5.74) is 1.52. The molecule has 1 aromatic heterocycles. The van der Waals surface area contributed by atoms with E-state index in [4.69, 9.17) is 23.2 Å². The fourth-order valence-corrected chi connectivity index (χ4v) is 4.68. The first-order valence-corrected chi connectivity index (χ1v) is 13.0. The molecule has 0 aliphatic heterocycles. The highest BCUT2D eigenvalue weighted by molar-refractivity contribution is 9.10. The Balaban J connectivity index is 1.50. The van der Waals surface area contributed by atoms with E-state index in [1.54, 1.807) is 16.7 Å². The third-order valence-electron chi connectivity index (χ3n) is 4.83. The number of carbonyl (C=O) groups is 2. The van der Waals surface area contributed by atoms with Crippen LogP contribution < -0.4 is 10.6 Å². The number of nitrogens with zero attached hydrogens (tertiary/aromatic N) is 3. The van der Waals surface area contributed by atoms with E-state index in [9.17, 15) is 14.0 Å². The van der Waals surface area contributed by atoms with Crippen molar-refractivity contribution in [3.05, 3.63) is 98.5 Å². The first-order valence-electron chi connectivity index (χ1n) is 10.4. The van der Waals surface area contributed by atoms with Gasteiger partial charge in [0.25, 0.3) is 5.91 Å². The molecular formula is C24H17BrCl2FN5O2S. The predicted molar refractivity (Wildman–Crippen MR) is 142 cm³/mol. The summed E-state index contributed by atoms with van der Waals surface area (Å²) in [5, 5.41) is 15.1. The Hall–Kier alpha value is -2.92. The maximum Gasteiger partial charge on any atom is 0.253 e. The number of aromatic nitrogens is 3. The van der Waals surface area contributed by atoms with Crippen molar-refractivity contribution in [3.8, 4) is 5.69 Å². The molecule has 0 aliphatic carbocycles. The lowest BCUT2D eigenvalue weighted by molar-refractivity contribution is -0.113. The molecule has 0 radical (unpaired) electrons. The maximum atomic E-state index is 13.1. The van der Waals surface area contributed by atoms with Crippen molar-refractivity contribution >= 4 is 68.4 Å². The molecule has 36 heavy (non-hydrogen) atoms. The monoisotopic (exact) mass is 607 g/mol. The summed E-state index contributed by atoms with van der Waals surface area (Å²) >= 11 is 16.7. The van der Waals surface area contributed by atoms with E-state index in [0.29, 0.717) is 21.7 Å². The quantitative estimate of drug-likeness (QED) is 0.235. The summed E-state index contributed by atoms with van der Waals surface area (Å²) in [5.74, 6) is -0.571. The van der Waals surface area contributed by atoms with Crippen LogP contribution in [0.5, 0.6) is 0 Å². The molecule has 0 fully saturated rings. The molecule has 7 nitrogen and oxygen atoms in total. The Labute approximate surface area is 228 Å². The number of hydrogen-bond donors (Lipinski definition) is 2. The third kappa shape index (κ3) is 6.64. The molecule has 0 spiro atoms. The summed E-state index contributed by atoms with van der Waals surface area (Å²) in [4.78, 5) is 25.1. The maximum absolute atomic E-state index is 13.1. The summed E-state index contributed by atoms with van der Waals surface area (Å²) in [6.07, 6.45) is 0. The van der Waals surface area contributed by atoms with Gasteiger partial charge in [-0.05, 0) is 66.7 Å². The van der Waals surface area contributed by atoms with Gasteiger partial charge in [-0.15, -0.1) is 10.2 Å². The van der Waals surface area contributed by atoms with Gasteiger partial charge in [-0.2, -0.15) is 0 Å². The van der Waals surface area contributed by atoms with E-state index in [1.807, 2.05) is 24.3 Å². The Morgan fingerprint density at radius 3 is 2.42 bits per heavy atom. The Morgan fingerprint density at radius 1 is 1.00 bits per heavy atom. The van der Waals surface area contributed by atoms with Crippen LogP contribution in [0.1, 0.15) is 16.2 Å². The molecule has 4 aromatic rings. The predicted octanol–water partition coefficient (Wildman–Crippen LogP) is 6.14. The molecule has 2 amide bonds. The highest BCUT2D eigenvalue weighted by Crippen LogP contribution is 2.25. The number of thioether (sulfide) groups is 1. The van der Waals surface area contributed by atoms with Crippen LogP contribution in [0.25, 0.3) is 5.69 Å². The van der Waals surface area contributed by atoms with Crippen molar-refractivity contribution in [1.82, 2.24) is 20.1 Å². The lowest BCUT2D eigenvalue weighted by Crippen LogP contribution is -2.25. The first-order chi connectivity index (χ1) is 17.3. The standard InChI is InChI=1S/C24H17BrCl2FN5O2S/c25-14-1-8-18(9-2-14)33-21(12-29-23(35)19-10-3-15(26)11-20(19)27)31-32-24(33)36-13-22(34)30-17-6-4-16(28)5-7-17/h1-11H,12-13H2,(H,29,35)(H,30,34). The second kappa shape index (κ2) is 11.9. The van der Waals surface area contributed by atoms with Crippen LogP contribution in [0.15, 0.2) is 76.4 Å². The Bertz CT molecular complexity index is 1400. The van der Waals surface area contributed by atoms with Crippen molar-refractivity contribution in [3.63, 3.8) is 0 Å². The minimum absolute atomic E-state index is 0.0405. The zero-order chi connectivity index (χ0) is 25.7. The molecule has 0 atom stereocenters. The zero-order valence-corrected chi connectivity index (χ0v) is 22.3. The number of benzene rings is 3. The van der Waals surface area contributed by atoms with Crippen molar-refractivity contribution < 1.29 is 14.0 Å². The van der Waals surface area contributed by atoms with Crippen LogP contribution >= 0.6 is 50.9 Å². The topological polar surface area (TPSA) is 88.9 Å². The third-order valence-corrected chi connectivity index (χ3v) is 6.83. The van der Waals surface area contributed by atoms with E-state index in [2.05, 4.69) is 36.8 Å². The molecule has 12 heteroatoms. The number of hydrogen-bond acceptors (Lipinski definition) is 5. The van der Waals surface area contributed by atoms with E-state index < -0.39 is 5.91 Å². The molecular weight excluding hydrogens is 592 g/mol. The van der Waals surface area contributed by atoms with E-state index >= 15 is 0 Å². The number of nitrogens with one attached hydrogen (secondary N) is 2. The van der Waals surface area contributed by atoms with E-state index in [-0.39, 0.29) is 34.6 Å². The molecule has 0 unspecified atom stereocenters. The molecule has 3 aromatic carbocycles. The zero-order valence-electron chi connectivity index (χ0n) is 18.3. The van der Waals surface area contributed by atoms with Gasteiger partial charge in [0.15, 0.2) is 11.0 Å². The number of carbonyl (C=O) groups excluding carboxylic acids is 2. The van der Waals surface area contributed by atoms with Gasteiger partial charge in [0.2, 0.25) is 5.91 Å². The van der Waals surface area contributed by atoms with Crippen molar-refractivity contribution in [2.45, 2.75) is 11.7 Å². The average Bonchev–Trinajstić information content (AvgIpc) is 3.26. The summed E-state index contributed by atoms with van der Waals surface area (Å²) < 4.78 is 15.7. The lowest BCUT2D eigenvalue weighted by Gasteiger charge is -2.12. The van der Waals surface area contributed by atoms with Gasteiger partial charge in [0.05, 0.1) is 22.9 Å². The Kier molecular flexibility index (Phi) is 8.63. The van der Waals surface area contributed by atoms with Gasteiger partial charge in [-0.3, -0.25) is 14.2 Å². The van der Waals surface area contributed by atoms with Crippen LogP contribution in [0.3, 0.4) is 0 Å². The molecule has 4 rings (SSSR count). The van der Waals surface area contributed by atoms with Crippen LogP contribution in [0.2, 0.25) is 10.0 Å². The van der Waals surface area contributed by atoms with Crippen LogP contribution in [0, 0.1) is 5.82 Å². The lowest BCUT2D eigenvalue weighted by atomic mass is 10.2. The highest BCUT2D eigenvalue weighted by Gasteiger charge is 2.18. The summed E-state index contributed by atoms with van der Waals surface area (Å²) in [6.45, 7) is 0.0587. The smallest absolute Gasteiger partial charge is 0.253 e. The van der Waals surface area contributed by atoms with Crippen molar-refractivity contribution in [2.75, 3.05) is 11.1 Å². The van der Waals surface area contributed by atoms with Crippen molar-refractivity contribution in [1.29, 1.82) is 0 Å². The van der Waals surface area contributed by atoms with Crippen LogP contribution in [-0.2, 0) is 11.3 Å². The van der Waals surface area contributed by atoms with Crippen molar-refractivity contribution in [2.24, 2.45) is 0 Å². The van der Waals surface area contributed by atoms with E-state index in [0.717, 1.165) is 10.2 Å². The average molecular weight is 609 g/mol. The fraction of sp³-hybridized carbons (Fsp3) is 0.0833. The number of amides is 2. The molecule has 184 valence electrons. The minimum Gasteiger partial charge on any atom is -0.345 e. The van der Waals surface area contributed by atoms with Gasteiger partial charge in [0, 0.05) is 20.9 Å². The van der Waals surface area contributed by atoms with Gasteiger partial charge >= 0.3 is 0 Å². The minimum atomic E-state index is -0.394. The summed E-state index contributed by atoms with van der Waals surface area (Å²) in [6, 6.07) is 17.6. The molecule has 0 bridgehead atoms. The Morgan fingerprint density at radius 2 is 1.72 bits per heavy atom.